The quantitative estimate of drug-likeness (QED) is 0.820. The molecule has 2 amide bonds. The van der Waals surface area contributed by atoms with Gasteiger partial charge in [0, 0.05) is 12.6 Å². The van der Waals surface area contributed by atoms with Crippen molar-refractivity contribution in [2.24, 2.45) is 5.92 Å². The minimum Gasteiger partial charge on any atom is -0.445 e. The summed E-state index contributed by atoms with van der Waals surface area (Å²) in [5, 5.41) is 5.54. The van der Waals surface area contributed by atoms with Crippen molar-refractivity contribution in [2.45, 2.75) is 38.3 Å². The number of ether oxygens (including phenoxy) is 1. The summed E-state index contributed by atoms with van der Waals surface area (Å²) in [6.45, 7) is 0.894. The van der Waals surface area contributed by atoms with E-state index in [1.165, 1.54) is 0 Å². The Hall–Kier alpha value is -1.98. The molecule has 0 spiro atoms. The number of rotatable bonds is 5. The number of amides is 2. The van der Waals surface area contributed by atoms with Crippen LogP contribution in [0, 0.1) is 5.92 Å². The van der Waals surface area contributed by atoms with Gasteiger partial charge in [0.1, 0.15) is 6.61 Å². The fraction of sp³-hybridized carbons (Fsp3) is 0.500. The second-order valence-electron chi connectivity index (χ2n) is 5.67. The fourth-order valence-corrected chi connectivity index (χ4v) is 2.69. The summed E-state index contributed by atoms with van der Waals surface area (Å²) in [7, 11) is 5.06. The van der Waals surface area contributed by atoms with Gasteiger partial charge in [-0.1, -0.05) is 30.3 Å². The number of hydrogen-bond acceptors (Lipinski definition) is 3. The molecule has 1 fully saturated rings. The molecule has 0 aromatic heterocycles. The van der Waals surface area contributed by atoms with Crippen LogP contribution in [-0.2, 0) is 11.3 Å². The van der Waals surface area contributed by atoms with Gasteiger partial charge in [0.2, 0.25) is 0 Å². The normalized spacial score (nSPS) is 20.9. The Labute approximate surface area is 132 Å². The van der Waals surface area contributed by atoms with Gasteiger partial charge in [0.15, 0.2) is 13.7 Å². The minimum atomic E-state index is -0.482. The monoisotopic (exact) mass is 300 g/mol. The molecule has 2 rings (SSSR count). The van der Waals surface area contributed by atoms with Gasteiger partial charge in [0.25, 0.3) is 0 Å². The Bertz CT molecular complexity index is 487. The van der Waals surface area contributed by atoms with Gasteiger partial charge in [0.05, 0.1) is 0 Å². The highest BCUT2D eigenvalue weighted by atomic mass is 16.5. The summed E-state index contributed by atoms with van der Waals surface area (Å²) in [6.07, 6.45) is 3.34. The number of alkyl carbamates (subject to hydrolysis) is 1. The van der Waals surface area contributed by atoms with Gasteiger partial charge in [-0.2, -0.15) is 0 Å². The van der Waals surface area contributed by atoms with Crippen LogP contribution in [0.2, 0.25) is 0 Å². The third-order valence-electron chi connectivity index (χ3n) is 3.95. The minimum absolute atomic E-state index is 0.146. The van der Waals surface area contributed by atoms with Gasteiger partial charge >= 0.3 is 6.09 Å². The highest BCUT2D eigenvalue weighted by molar-refractivity contribution is 6.57. The van der Waals surface area contributed by atoms with Crippen LogP contribution < -0.4 is 10.6 Å². The molecule has 1 saturated carbocycles. The molecule has 1 aliphatic carbocycles. The van der Waals surface area contributed by atoms with Crippen LogP contribution in [0.15, 0.2) is 30.3 Å². The topological polar surface area (TPSA) is 67.4 Å². The van der Waals surface area contributed by atoms with Crippen LogP contribution in [0.5, 0.6) is 0 Å². The molecule has 1 aromatic carbocycles. The SMILES string of the molecule is [B]C(=O)NCC1CCC(NC(=O)OCc2ccccc2)CC1. The van der Waals surface area contributed by atoms with Crippen molar-refractivity contribution in [3.63, 3.8) is 0 Å². The Morgan fingerprint density at radius 3 is 2.45 bits per heavy atom. The number of carbonyl (C=O) groups excluding carboxylic acids is 2. The first-order valence-electron chi connectivity index (χ1n) is 7.64. The standard InChI is InChI=1S/C16H21BN2O3/c17-15(20)18-10-12-6-8-14(9-7-12)19-16(21)22-11-13-4-2-1-3-5-13/h1-5,12,14H,6-11H2,(H,18,20)(H,19,21). The summed E-state index contributed by atoms with van der Waals surface area (Å²) in [4.78, 5) is 22.5. The van der Waals surface area contributed by atoms with Crippen molar-refractivity contribution in [1.82, 2.24) is 10.6 Å². The van der Waals surface area contributed by atoms with Crippen molar-refractivity contribution < 1.29 is 14.3 Å². The predicted molar refractivity (Wildman–Crippen MR) is 84.7 cm³/mol. The lowest BCUT2D eigenvalue weighted by Crippen LogP contribution is -2.39. The smallest absolute Gasteiger partial charge is 0.407 e. The zero-order valence-electron chi connectivity index (χ0n) is 12.6. The summed E-state index contributed by atoms with van der Waals surface area (Å²) in [5.74, 6) is -0.0457. The third kappa shape index (κ3) is 5.80. The number of nitrogens with one attached hydrogen (secondary N) is 2. The highest BCUT2D eigenvalue weighted by Crippen LogP contribution is 2.23. The van der Waals surface area contributed by atoms with Crippen LogP contribution >= 0.6 is 0 Å². The first-order chi connectivity index (χ1) is 10.6. The predicted octanol–water partition coefficient (Wildman–Crippen LogP) is 2.35. The molecule has 0 heterocycles. The molecule has 116 valence electrons. The van der Waals surface area contributed by atoms with Gasteiger partial charge in [-0.15, -0.1) is 0 Å². The summed E-state index contributed by atoms with van der Waals surface area (Å²) < 4.78 is 5.21. The lowest BCUT2D eigenvalue weighted by atomic mass is 9.86. The number of benzene rings is 1. The van der Waals surface area contributed by atoms with E-state index in [2.05, 4.69) is 10.6 Å². The third-order valence-corrected chi connectivity index (χ3v) is 3.95. The first-order valence-corrected chi connectivity index (χ1v) is 7.64. The molecule has 6 heteroatoms. The zero-order valence-corrected chi connectivity index (χ0v) is 12.6. The second-order valence-corrected chi connectivity index (χ2v) is 5.67. The molecular formula is C16H21BN2O3. The molecule has 2 radical (unpaired) electrons. The molecule has 1 aromatic rings. The largest absolute Gasteiger partial charge is 0.445 e. The molecule has 0 unspecified atom stereocenters. The summed E-state index contributed by atoms with van der Waals surface area (Å²) >= 11 is 0. The Morgan fingerprint density at radius 1 is 1.14 bits per heavy atom. The number of hydrogen-bond donors (Lipinski definition) is 2. The molecular weight excluding hydrogens is 279 g/mol. The Morgan fingerprint density at radius 2 is 1.82 bits per heavy atom. The molecule has 0 aliphatic heterocycles. The lowest BCUT2D eigenvalue weighted by molar-refractivity contribution is 0.131. The van der Waals surface area contributed by atoms with E-state index in [1.807, 2.05) is 30.3 Å². The zero-order chi connectivity index (χ0) is 15.8. The maximum Gasteiger partial charge on any atom is 0.407 e. The van der Waals surface area contributed by atoms with E-state index in [4.69, 9.17) is 12.6 Å². The van der Waals surface area contributed by atoms with Crippen molar-refractivity contribution in [3.8, 4) is 0 Å². The summed E-state index contributed by atoms with van der Waals surface area (Å²) in [5.41, 5.74) is 0.971. The van der Waals surface area contributed by atoms with Crippen LogP contribution in [0.1, 0.15) is 31.2 Å². The van der Waals surface area contributed by atoms with Crippen LogP contribution in [0.25, 0.3) is 0 Å². The fourth-order valence-electron chi connectivity index (χ4n) is 2.69. The highest BCUT2D eigenvalue weighted by Gasteiger charge is 2.22. The van der Waals surface area contributed by atoms with Crippen molar-refractivity contribution in [2.75, 3.05) is 6.54 Å². The van der Waals surface area contributed by atoms with Crippen LogP contribution in [-0.4, -0.2) is 32.3 Å². The van der Waals surface area contributed by atoms with E-state index in [0.29, 0.717) is 12.5 Å². The Kier molecular flexibility index (Phi) is 6.31. The Balaban J connectivity index is 1.63. The van der Waals surface area contributed by atoms with Crippen molar-refractivity contribution >= 4 is 19.7 Å². The van der Waals surface area contributed by atoms with Gasteiger partial charge in [-0.25, -0.2) is 4.79 Å². The van der Waals surface area contributed by atoms with E-state index in [-0.39, 0.29) is 18.7 Å². The average Bonchev–Trinajstić information content (AvgIpc) is 2.53. The van der Waals surface area contributed by atoms with E-state index >= 15 is 0 Å². The molecule has 0 atom stereocenters. The number of carbonyl (C=O) groups is 2. The first kappa shape index (κ1) is 16.4. The lowest BCUT2D eigenvalue weighted by Gasteiger charge is -2.28. The van der Waals surface area contributed by atoms with Crippen LogP contribution in [0.4, 0.5) is 9.59 Å². The molecule has 2 N–H and O–H groups in total. The van der Waals surface area contributed by atoms with Gasteiger partial charge < -0.3 is 15.4 Å². The maximum absolute atomic E-state index is 11.8. The van der Waals surface area contributed by atoms with E-state index < -0.39 is 5.81 Å². The van der Waals surface area contributed by atoms with E-state index in [1.54, 1.807) is 0 Å². The summed E-state index contributed by atoms with van der Waals surface area (Å²) in [6, 6.07) is 9.74. The average molecular weight is 300 g/mol. The second kappa shape index (κ2) is 8.46. The molecule has 22 heavy (non-hydrogen) atoms. The molecule has 0 bridgehead atoms. The van der Waals surface area contributed by atoms with Crippen LogP contribution in [0.3, 0.4) is 0 Å². The van der Waals surface area contributed by atoms with E-state index in [0.717, 1.165) is 31.2 Å². The van der Waals surface area contributed by atoms with Gasteiger partial charge in [-0.05, 0) is 37.2 Å². The maximum atomic E-state index is 11.8. The molecule has 1 aliphatic rings. The van der Waals surface area contributed by atoms with Crippen molar-refractivity contribution in [3.05, 3.63) is 35.9 Å². The van der Waals surface area contributed by atoms with E-state index in [9.17, 15) is 9.59 Å². The van der Waals surface area contributed by atoms with Gasteiger partial charge in [-0.3, -0.25) is 4.79 Å². The van der Waals surface area contributed by atoms with Crippen molar-refractivity contribution in [1.29, 1.82) is 0 Å². The molecule has 5 nitrogen and oxygen atoms in total. The molecule has 0 saturated heterocycles.